The fraction of sp³-hybridized carbons (Fsp3) is 0.556. The Bertz CT molecular complexity index is 532. The third-order valence-electron chi connectivity index (χ3n) is 4.09. The van der Waals surface area contributed by atoms with Crippen molar-refractivity contribution in [1.82, 2.24) is 10.2 Å². The minimum absolute atomic E-state index is 0.0915. The highest BCUT2D eigenvalue weighted by Crippen LogP contribution is 2.17. The highest BCUT2D eigenvalue weighted by atomic mass is 16.2. The van der Waals surface area contributed by atoms with Crippen molar-refractivity contribution < 1.29 is 9.59 Å². The van der Waals surface area contributed by atoms with E-state index in [0.717, 1.165) is 44.0 Å². The first-order chi connectivity index (χ1) is 11.0. The van der Waals surface area contributed by atoms with E-state index in [-0.39, 0.29) is 11.7 Å². The highest BCUT2D eigenvalue weighted by Gasteiger charge is 2.19. The number of carbonyl (C=O) groups is 2. The van der Waals surface area contributed by atoms with Crippen molar-refractivity contribution in [2.75, 3.05) is 44.2 Å². The number of nitrogens with one attached hydrogen (secondary N) is 1. The summed E-state index contributed by atoms with van der Waals surface area (Å²) in [6.07, 6.45) is 0. The lowest BCUT2D eigenvalue weighted by atomic mass is 10.1. The van der Waals surface area contributed by atoms with Gasteiger partial charge in [-0.25, -0.2) is 0 Å². The van der Waals surface area contributed by atoms with Crippen LogP contribution in [0.25, 0.3) is 0 Å². The average Bonchev–Trinajstić information content (AvgIpc) is 2.54. The Morgan fingerprint density at radius 2 is 1.70 bits per heavy atom. The van der Waals surface area contributed by atoms with Gasteiger partial charge in [-0.05, 0) is 37.1 Å². The highest BCUT2D eigenvalue weighted by molar-refractivity contribution is 5.94. The molecule has 0 atom stereocenters. The van der Waals surface area contributed by atoms with Crippen molar-refractivity contribution in [2.45, 2.75) is 20.8 Å². The molecule has 1 aromatic carbocycles. The van der Waals surface area contributed by atoms with Crippen LogP contribution in [0.1, 0.15) is 31.1 Å². The average molecular weight is 317 g/mol. The van der Waals surface area contributed by atoms with Crippen LogP contribution in [0.5, 0.6) is 0 Å². The summed E-state index contributed by atoms with van der Waals surface area (Å²) in [5, 5.41) is 2.96. The molecule has 0 aliphatic carbocycles. The zero-order valence-electron chi connectivity index (χ0n) is 14.3. The molecule has 1 aliphatic rings. The first-order valence-electron chi connectivity index (χ1n) is 8.30. The van der Waals surface area contributed by atoms with Crippen LogP contribution in [0.2, 0.25) is 0 Å². The van der Waals surface area contributed by atoms with Crippen LogP contribution in [-0.4, -0.2) is 55.9 Å². The molecular weight excluding hydrogens is 290 g/mol. The molecular formula is C18H27N3O2. The van der Waals surface area contributed by atoms with Crippen LogP contribution >= 0.6 is 0 Å². The van der Waals surface area contributed by atoms with Crippen molar-refractivity contribution in [2.24, 2.45) is 5.92 Å². The number of rotatable bonds is 6. The van der Waals surface area contributed by atoms with Crippen molar-refractivity contribution in [1.29, 1.82) is 0 Å². The first-order valence-corrected chi connectivity index (χ1v) is 8.30. The number of nitrogens with zero attached hydrogens (tertiary/aromatic N) is 2. The second-order valence-corrected chi connectivity index (χ2v) is 6.56. The van der Waals surface area contributed by atoms with Crippen molar-refractivity contribution >= 4 is 17.4 Å². The standard InChI is InChI=1S/C18H27N3O2/c1-14(2)12-19-18(23)13-20-8-10-21(11-9-20)17-6-4-16(5-7-17)15(3)22/h4-7,14H,8-13H2,1-3H3,(H,19,23). The topological polar surface area (TPSA) is 52.7 Å². The van der Waals surface area contributed by atoms with Crippen molar-refractivity contribution in [3.63, 3.8) is 0 Å². The van der Waals surface area contributed by atoms with Gasteiger partial charge in [0.1, 0.15) is 0 Å². The third-order valence-corrected chi connectivity index (χ3v) is 4.09. The van der Waals surface area contributed by atoms with Crippen LogP contribution in [0, 0.1) is 5.92 Å². The van der Waals surface area contributed by atoms with E-state index in [0.29, 0.717) is 12.5 Å². The van der Waals surface area contributed by atoms with Gasteiger partial charge in [0.05, 0.1) is 6.54 Å². The van der Waals surface area contributed by atoms with Gasteiger partial charge in [-0.3, -0.25) is 14.5 Å². The molecule has 23 heavy (non-hydrogen) atoms. The van der Waals surface area contributed by atoms with E-state index in [1.165, 1.54) is 0 Å². The number of anilines is 1. The predicted octanol–water partition coefficient (Wildman–Crippen LogP) is 1.78. The third kappa shape index (κ3) is 5.36. The predicted molar refractivity (Wildman–Crippen MR) is 92.9 cm³/mol. The van der Waals surface area contributed by atoms with Gasteiger partial charge in [0.15, 0.2) is 5.78 Å². The summed E-state index contributed by atoms with van der Waals surface area (Å²) in [7, 11) is 0. The van der Waals surface area contributed by atoms with Gasteiger partial charge in [-0.1, -0.05) is 13.8 Å². The number of hydrogen-bond acceptors (Lipinski definition) is 4. The Morgan fingerprint density at radius 1 is 1.09 bits per heavy atom. The second-order valence-electron chi connectivity index (χ2n) is 6.56. The summed E-state index contributed by atoms with van der Waals surface area (Å²) in [6, 6.07) is 7.76. The molecule has 5 heteroatoms. The lowest BCUT2D eigenvalue weighted by molar-refractivity contribution is -0.122. The summed E-state index contributed by atoms with van der Waals surface area (Å²) in [5.41, 5.74) is 1.88. The van der Waals surface area contributed by atoms with E-state index >= 15 is 0 Å². The van der Waals surface area contributed by atoms with Crippen LogP contribution in [0.15, 0.2) is 24.3 Å². The Balaban J connectivity index is 1.79. The van der Waals surface area contributed by atoms with E-state index in [9.17, 15) is 9.59 Å². The van der Waals surface area contributed by atoms with Crippen LogP contribution in [0.3, 0.4) is 0 Å². The molecule has 0 radical (unpaired) electrons. The molecule has 0 bridgehead atoms. The largest absolute Gasteiger partial charge is 0.369 e. The van der Waals surface area contributed by atoms with E-state index in [1.807, 2.05) is 24.3 Å². The van der Waals surface area contributed by atoms with Crippen molar-refractivity contribution in [3.05, 3.63) is 29.8 Å². The smallest absolute Gasteiger partial charge is 0.234 e. The molecule has 0 unspecified atom stereocenters. The zero-order valence-corrected chi connectivity index (χ0v) is 14.3. The molecule has 1 heterocycles. The van der Waals surface area contributed by atoms with Crippen LogP contribution < -0.4 is 10.2 Å². The van der Waals surface area contributed by atoms with Crippen LogP contribution in [0.4, 0.5) is 5.69 Å². The number of ketones is 1. The van der Waals surface area contributed by atoms with Gasteiger partial charge >= 0.3 is 0 Å². The number of piperazine rings is 1. The van der Waals surface area contributed by atoms with Crippen LogP contribution in [-0.2, 0) is 4.79 Å². The Labute approximate surface area is 138 Å². The van der Waals surface area contributed by atoms with E-state index < -0.39 is 0 Å². The molecule has 1 saturated heterocycles. The molecule has 0 saturated carbocycles. The minimum Gasteiger partial charge on any atom is -0.369 e. The maximum absolute atomic E-state index is 11.9. The lowest BCUT2D eigenvalue weighted by Gasteiger charge is -2.35. The number of carbonyl (C=O) groups excluding carboxylic acids is 2. The summed E-state index contributed by atoms with van der Waals surface area (Å²) >= 11 is 0. The first kappa shape index (κ1) is 17.5. The van der Waals surface area contributed by atoms with Gasteiger partial charge in [0.25, 0.3) is 0 Å². The monoisotopic (exact) mass is 317 g/mol. The van der Waals surface area contributed by atoms with Gasteiger partial charge in [-0.15, -0.1) is 0 Å². The van der Waals surface area contributed by atoms with Gasteiger partial charge < -0.3 is 10.2 Å². The maximum atomic E-state index is 11.9. The summed E-state index contributed by atoms with van der Waals surface area (Å²) < 4.78 is 0. The summed E-state index contributed by atoms with van der Waals surface area (Å²) in [6.45, 7) is 10.5. The molecule has 0 aromatic heterocycles. The molecule has 1 aromatic rings. The second kappa shape index (κ2) is 8.11. The van der Waals surface area contributed by atoms with Gasteiger partial charge in [0, 0.05) is 44.0 Å². The minimum atomic E-state index is 0.0915. The number of Topliss-reactive ketones (excluding diaryl/α,β-unsaturated/α-hetero) is 1. The molecule has 1 N–H and O–H groups in total. The molecule has 1 aliphatic heterocycles. The number of hydrogen-bond donors (Lipinski definition) is 1. The van der Waals surface area contributed by atoms with Crippen molar-refractivity contribution in [3.8, 4) is 0 Å². The Morgan fingerprint density at radius 3 is 2.22 bits per heavy atom. The Kier molecular flexibility index (Phi) is 6.16. The number of amides is 1. The molecule has 1 fully saturated rings. The lowest BCUT2D eigenvalue weighted by Crippen LogP contribution is -2.49. The van der Waals surface area contributed by atoms with Gasteiger partial charge in [-0.2, -0.15) is 0 Å². The fourth-order valence-corrected chi connectivity index (χ4v) is 2.65. The van der Waals surface area contributed by atoms with Gasteiger partial charge in [0.2, 0.25) is 5.91 Å². The molecule has 5 nitrogen and oxygen atoms in total. The zero-order chi connectivity index (χ0) is 16.8. The molecule has 0 spiro atoms. The molecule has 126 valence electrons. The normalized spacial score (nSPS) is 15.7. The van der Waals surface area contributed by atoms with E-state index in [4.69, 9.17) is 0 Å². The Hall–Kier alpha value is -1.88. The maximum Gasteiger partial charge on any atom is 0.234 e. The summed E-state index contributed by atoms with van der Waals surface area (Å²) in [5.74, 6) is 0.681. The number of benzene rings is 1. The summed E-state index contributed by atoms with van der Waals surface area (Å²) in [4.78, 5) is 27.7. The molecule has 2 rings (SSSR count). The SMILES string of the molecule is CC(=O)c1ccc(N2CCN(CC(=O)NCC(C)C)CC2)cc1. The fourth-order valence-electron chi connectivity index (χ4n) is 2.65. The quantitative estimate of drug-likeness (QED) is 0.813. The van der Waals surface area contributed by atoms with E-state index in [2.05, 4.69) is 29.0 Å². The molecule has 1 amide bonds. The van der Waals surface area contributed by atoms with E-state index in [1.54, 1.807) is 6.92 Å².